The van der Waals surface area contributed by atoms with Crippen LogP contribution in [0.25, 0.3) is 43.1 Å². The maximum atomic E-state index is 13.8. The van der Waals surface area contributed by atoms with Gasteiger partial charge in [0.1, 0.15) is 11.5 Å². The maximum absolute atomic E-state index is 13.8. The van der Waals surface area contributed by atoms with E-state index in [1.807, 2.05) is 0 Å². The first-order valence-electron chi connectivity index (χ1n) is 14.0. The highest BCUT2D eigenvalue weighted by molar-refractivity contribution is 6.39. The Morgan fingerprint density at radius 2 is 0.696 bits per heavy atom. The van der Waals surface area contributed by atoms with E-state index < -0.39 is 23.8 Å². The molecule has 0 unspecified atom stereocenters. The van der Waals surface area contributed by atoms with Gasteiger partial charge in [0.2, 0.25) is 0 Å². The highest BCUT2D eigenvalue weighted by atomic mass is 16.4. The Labute approximate surface area is 259 Å². The number of carboxylic acids is 2. The Hall–Kier alpha value is -6.68. The van der Waals surface area contributed by atoms with Crippen molar-refractivity contribution in [2.45, 2.75) is 0 Å². The molecule has 0 aromatic heterocycles. The summed E-state index contributed by atoms with van der Waals surface area (Å²) in [6.07, 6.45) is 0. The largest absolute Gasteiger partial charge is 0.508 e. The molecule has 0 spiro atoms. The first-order valence-corrected chi connectivity index (χ1v) is 14.0. The lowest BCUT2D eigenvalue weighted by Gasteiger charge is -2.20. The van der Waals surface area contributed by atoms with E-state index in [9.17, 15) is 39.6 Å². The van der Waals surface area contributed by atoms with Gasteiger partial charge in [-0.15, -0.1) is 0 Å². The summed E-state index contributed by atoms with van der Waals surface area (Å²) in [7, 11) is 0. The van der Waals surface area contributed by atoms with E-state index in [0.29, 0.717) is 49.1 Å². The number of rotatable bonds is 6. The smallest absolute Gasteiger partial charge is 0.336 e. The lowest BCUT2D eigenvalue weighted by atomic mass is 9.84. The fraction of sp³-hybridized carbons (Fsp3) is 0. The third-order valence-electron chi connectivity index (χ3n) is 8.10. The number of phenols is 2. The fourth-order valence-corrected chi connectivity index (χ4v) is 6.11. The third kappa shape index (κ3) is 4.44. The summed E-state index contributed by atoms with van der Waals surface area (Å²) in [6, 6.07) is 24.3. The molecule has 0 heterocycles. The Bertz CT molecular complexity index is 2250. The minimum absolute atomic E-state index is 0.0257. The van der Waals surface area contributed by atoms with Gasteiger partial charge in [-0.1, -0.05) is 24.3 Å². The zero-order valence-corrected chi connectivity index (χ0v) is 23.7. The molecule has 7 aromatic rings. The van der Waals surface area contributed by atoms with E-state index in [4.69, 9.17) is 0 Å². The van der Waals surface area contributed by atoms with E-state index in [2.05, 4.69) is 10.6 Å². The number of carbonyl (C=O) groups excluding carboxylic acids is 2. The van der Waals surface area contributed by atoms with Gasteiger partial charge in [0.25, 0.3) is 11.8 Å². The van der Waals surface area contributed by atoms with Crippen LogP contribution in [-0.4, -0.2) is 44.2 Å². The number of anilines is 2. The number of nitrogens with one attached hydrogen (secondary N) is 2. The zero-order chi connectivity index (χ0) is 32.3. The Morgan fingerprint density at radius 1 is 0.391 bits per heavy atom. The van der Waals surface area contributed by atoms with E-state index in [0.717, 1.165) is 0 Å². The van der Waals surface area contributed by atoms with Crippen molar-refractivity contribution in [1.29, 1.82) is 0 Å². The first-order chi connectivity index (χ1) is 22.1. The molecule has 0 saturated heterocycles. The minimum atomic E-state index is -1.27. The van der Waals surface area contributed by atoms with Crippen LogP contribution in [0.3, 0.4) is 0 Å². The number of carboxylic acid groups (broad SMARTS) is 2. The molecule has 0 atom stereocenters. The molecular weight excluding hydrogens is 588 g/mol. The van der Waals surface area contributed by atoms with Crippen LogP contribution in [0.15, 0.2) is 97.1 Å². The first kappa shape index (κ1) is 28.1. The van der Waals surface area contributed by atoms with Crippen molar-refractivity contribution in [3.63, 3.8) is 0 Å². The van der Waals surface area contributed by atoms with E-state index in [1.165, 1.54) is 60.7 Å². The average molecular weight is 611 g/mol. The second-order valence-electron chi connectivity index (χ2n) is 10.8. The number of phenolic OH excluding ortho intramolecular Hbond substituents is 2. The van der Waals surface area contributed by atoms with Crippen LogP contribution in [0.5, 0.6) is 11.5 Å². The molecule has 0 bridgehead atoms. The molecule has 2 amide bonds. The molecule has 0 aliphatic carbocycles. The van der Waals surface area contributed by atoms with Crippen molar-refractivity contribution in [1.82, 2.24) is 0 Å². The molecule has 0 fully saturated rings. The molecule has 0 radical (unpaired) electrons. The number of benzene rings is 7. The van der Waals surface area contributed by atoms with Crippen LogP contribution >= 0.6 is 0 Å². The standard InChI is InChI=1S/C36H22N2O8/c39-19-5-1-17(2-6-19)37-33(41)25-13-9-21-23-11-15-27(35(43)44)32-28(36(45)46)16-12-24(30(23)32)22-10-14-26(31(25)29(21)22)34(42)38-18-3-7-20(40)8-4-18/h1-16,39-40H,(H,37,41)(H,38,42)(H,43,44)(H,45,46). The van der Waals surface area contributed by atoms with Crippen LogP contribution in [0.1, 0.15) is 41.4 Å². The topological polar surface area (TPSA) is 173 Å². The zero-order valence-electron chi connectivity index (χ0n) is 23.7. The molecular formula is C36H22N2O8. The van der Waals surface area contributed by atoms with Crippen LogP contribution < -0.4 is 10.6 Å². The summed E-state index contributed by atoms with van der Waals surface area (Å²) in [5, 5.41) is 48.6. The van der Waals surface area contributed by atoms with Crippen molar-refractivity contribution >= 4 is 78.2 Å². The van der Waals surface area contributed by atoms with Gasteiger partial charge in [-0.3, -0.25) is 9.59 Å². The number of aromatic hydroxyl groups is 2. The lowest BCUT2D eigenvalue weighted by molar-refractivity contribution is 0.0695. The van der Waals surface area contributed by atoms with E-state index in [-0.39, 0.29) is 39.1 Å². The van der Waals surface area contributed by atoms with Crippen molar-refractivity contribution in [3.8, 4) is 11.5 Å². The summed E-state index contributed by atoms with van der Waals surface area (Å²) in [6.45, 7) is 0. The number of amides is 2. The lowest BCUT2D eigenvalue weighted by Crippen LogP contribution is -2.17. The highest BCUT2D eigenvalue weighted by Gasteiger charge is 2.26. The molecule has 7 rings (SSSR count). The molecule has 7 aromatic carbocycles. The van der Waals surface area contributed by atoms with Gasteiger partial charge in [-0.05, 0) is 105 Å². The average Bonchev–Trinajstić information content (AvgIpc) is 3.04. The van der Waals surface area contributed by atoms with Gasteiger partial charge in [0, 0.05) is 33.3 Å². The summed E-state index contributed by atoms with van der Waals surface area (Å²) in [4.78, 5) is 52.1. The van der Waals surface area contributed by atoms with Crippen LogP contribution in [-0.2, 0) is 0 Å². The number of carbonyl (C=O) groups is 4. The van der Waals surface area contributed by atoms with Crippen LogP contribution in [0.2, 0.25) is 0 Å². The van der Waals surface area contributed by atoms with Gasteiger partial charge in [-0.25, -0.2) is 9.59 Å². The summed E-state index contributed by atoms with van der Waals surface area (Å²) in [5.74, 6) is -3.54. The number of hydrogen-bond donors (Lipinski definition) is 6. The number of fused-ring (bicyclic) bond motifs is 2. The van der Waals surface area contributed by atoms with Gasteiger partial charge in [0.05, 0.1) is 11.1 Å². The predicted octanol–water partition coefficient (Wildman–Crippen LogP) is 7.05. The van der Waals surface area contributed by atoms with Gasteiger partial charge in [0.15, 0.2) is 0 Å². The highest BCUT2D eigenvalue weighted by Crippen LogP contribution is 2.44. The molecule has 224 valence electrons. The van der Waals surface area contributed by atoms with Gasteiger partial charge >= 0.3 is 11.9 Å². The molecule has 10 heteroatoms. The Balaban J connectivity index is 1.55. The van der Waals surface area contributed by atoms with Gasteiger partial charge in [-0.2, -0.15) is 0 Å². The maximum Gasteiger partial charge on any atom is 0.336 e. The molecule has 0 aliphatic rings. The minimum Gasteiger partial charge on any atom is -0.508 e. The molecule has 10 nitrogen and oxygen atoms in total. The molecule has 0 saturated carbocycles. The predicted molar refractivity (Wildman–Crippen MR) is 174 cm³/mol. The van der Waals surface area contributed by atoms with Crippen molar-refractivity contribution in [2.75, 3.05) is 10.6 Å². The monoisotopic (exact) mass is 610 g/mol. The van der Waals surface area contributed by atoms with E-state index >= 15 is 0 Å². The summed E-state index contributed by atoms with van der Waals surface area (Å²) >= 11 is 0. The quantitative estimate of drug-likeness (QED) is 0.0660. The summed E-state index contributed by atoms with van der Waals surface area (Å²) < 4.78 is 0. The Kier molecular flexibility index (Phi) is 6.41. The van der Waals surface area contributed by atoms with Crippen LogP contribution in [0, 0.1) is 0 Å². The second kappa shape index (κ2) is 10.5. The Morgan fingerprint density at radius 3 is 1.02 bits per heavy atom. The number of aromatic carboxylic acids is 2. The van der Waals surface area contributed by atoms with Gasteiger partial charge < -0.3 is 31.1 Å². The molecule has 46 heavy (non-hydrogen) atoms. The van der Waals surface area contributed by atoms with Crippen molar-refractivity contribution in [3.05, 3.63) is 119 Å². The number of hydrogen-bond acceptors (Lipinski definition) is 6. The second-order valence-corrected chi connectivity index (χ2v) is 10.8. The van der Waals surface area contributed by atoms with Crippen LogP contribution in [0.4, 0.5) is 11.4 Å². The van der Waals surface area contributed by atoms with Crippen molar-refractivity contribution in [2.24, 2.45) is 0 Å². The van der Waals surface area contributed by atoms with Crippen molar-refractivity contribution < 1.29 is 39.6 Å². The third-order valence-corrected chi connectivity index (χ3v) is 8.10. The SMILES string of the molecule is O=C(O)c1ccc2c3ccc(C(=O)Nc4ccc(O)cc4)c4c(C(=O)Nc5ccc(O)cc5)ccc(c5ccc(C(=O)O)c1c25)c43. The fourth-order valence-electron chi connectivity index (χ4n) is 6.11. The molecule has 6 N–H and O–H groups in total. The molecule has 0 aliphatic heterocycles. The summed E-state index contributed by atoms with van der Waals surface area (Å²) in [5.41, 5.74) is 0.855. The van der Waals surface area contributed by atoms with E-state index in [1.54, 1.807) is 36.4 Å². The normalized spacial score (nSPS) is 11.3.